The molecule has 16 heteroatoms. The lowest BCUT2D eigenvalue weighted by atomic mass is 9.76. The van der Waals surface area contributed by atoms with Crippen molar-refractivity contribution in [3.63, 3.8) is 0 Å². The summed E-state index contributed by atoms with van der Waals surface area (Å²) in [5.41, 5.74) is 1.37. The van der Waals surface area contributed by atoms with Crippen LogP contribution in [0.15, 0.2) is 48.5 Å². The number of rotatable bonds is 6. The number of carbonyl (C=O) groups is 1. The minimum Gasteiger partial charge on any atom is -0.508 e. The van der Waals surface area contributed by atoms with Crippen molar-refractivity contribution < 1.29 is 28.5 Å². The third kappa shape index (κ3) is 7.37. The highest BCUT2D eigenvalue weighted by Gasteiger charge is 2.60. The molecular weight excluding hydrogens is 807 g/mol. The molecule has 5 aliphatic heterocycles. The lowest BCUT2D eigenvalue weighted by Crippen LogP contribution is -2.63. The Labute approximate surface area is 366 Å². The van der Waals surface area contributed by atoms with E-state index in [1.807, 2.05) is 12.1 Å². The van der Waals surface area contributed by atoms with Crippen LogP contribution >= 0.6 is 0 Å². The van der Waals surface area contributed by atoms with Gasteiger partial charge in [0.15, 0.2) is 0 Å². The predicted molar refractivity (Wildman–Crippen MR) is 236 cm³/mol. The number of nitrogens with one attached hydrogen (secondary N) is 7. The Balaban J connectivity index is 1.04. The molecule has 17 atom stereocenters. The number of aliphatic carboxylic acids is 1. The zero-order valence-corrected chi connectivity index (χ0v) is 36.4. The topological polar surface area (TPSA) is 203 Å². The SMILES string of the molecule is O=C(O)CN1C2NC3NC(NC4C5CCCC(S(=O)(=O)Nc6ccc(O)cc6)C5C(NC5NC(NC1C1CCCCC12)C1CCCCC51)N4c1ccc(O)cc1)C1CCCCC31. The van der Waals surface area contributed by atoms with Crippen LogP contribution < -0.4 is 41.5 Å². The fourth-order valence-electron chi connectivity index (χ4n) is 14.8. The number of phenols is 2. The summed E-state index contributed by atoms with van der Waals surface area (Å²) in [5, 5.41) is 55.3. The summed E-state index contributed by atoms with van der Waals surface area (Å²) in [7, 11) is -3.91. The summed E-state index contributed by atoms with van der Waals surface area (Å²) in [5.74, 6) is 1.17. The average molecular weight is 874 g/mol. The van der Waals surface area contributed by atoms with Crippen LogP contribution in [0.1, 0.15) is 96.3 Å². The minimum absolute atomic E-state index is 0.00715. The van der Waals surface area contributed by atoms with E-state index in [4.69, 9.17) is 0 Å². The summed E-state index contributed by atoms with van der Waals surface area (Å²) in [6.45, 7) is -0.0174. The molecule has 5 saturated heterocycles. The van der Waals surface area contributed by atoms with Gasteiger partial charge in [-0.05, 0) is 135 Å². The molecule has 8 bridgehead atoms. The molecule has 4 aliphatic carbocycles. The smallest absolute Gasteiger partial charge is 0.317 e. The Kier molecular flexibility index (Phi) is 11.1. The van der Waals surface area contributed by atoms with Crippen LogP contribution in [0.25, 0.3) is 0 Å². The molecule has 0 spiro atoms. The number of aromatic hydroxyl groups is 2. The summed E-state index contributed by atoms with van der Waals surface area (Å²) in [4.78, 5) is 17.5. The minimum atomic E-state index is -3.91. The molecule has 62 heavy (non-hydrogen) atoms. The Morgan fingerprint density at radius 2 is 0.984 bits per heavy atom. The van der Waals surface area contributed by atoms with E-state index in [-0.39, 0.29) is 79.2 Å². The van der Waals surface area contributed by atoms with Crippen LogP contribution in [0, 0.1) is 47.3 Å². The van der Waals surface area contributed by atoms with Crippen molar-refractivity contribution in [3.05, 3.63) is 48.5 Å². The Bertz CT molecular complexity index is 2050. The molecule has 5 heterocycles. The molecule has 11 rings (SSSR count). The Morgan fingerprint density at radius 1 is 0.548 bits per heavy atom. The van der Waals surface area contributed by atoms with Gasteiger partial charge in [0.25, 0.3) is 0 Å². The van der Waals surface area contributed by atoms with Crippen molar-refractivity contribution in [3.8, 4) is 11.5 Å². The molecule has 2 aromatic rings. The van der Waals surface area contributed by atoms with Gasteiger partial charge >= 0.3 is 5.97 Å². The number of benzene rings is 2. The first-order valence-corrected chi connectivity index (χ1v) is 25.6. The van der Waals surface area contributed by atoms with Crippen molar-refractivity contribution in [2.45, 2.75) is 151 Å². The van der Waals surface area contributed by atoms with Crippen molar-refractivity contribution >= 4 is 27.4 Å². The highest BCUT2D eigenvalue weighted by atomic mass is 32.2. The van der Waals surface area contributed by atoms with Gasteiger partial charge in [0.2, 0.25) is 10.0 Å². The second kappa shape index (κ2) is 16.6. The summed E-state index contributed by atoms with van der Waals surface area (Å²) < 4.78 is 32.7. The Morgan fingerprint density at radius 3 is 1.48 bits per heavy atom. The number of fused-ring (bicyclic) bond motifs is 20. The van der Waals surface area contributed by atoms with Gasteiger partial charge in [-0.15, -0.1) is 0 Å². The molecule has 17 unspecified atom stereocenters. The zero-order chi connectivity index (χ0) is 42.3. The third-order valence-electron chi connectivity index (χ3n) is 17.3. The summed E-state index contributed by atoms with van der Waals surface area (Å²) in [6.07, 6.45) is 14.6. The number of carboxylic acid groups (broad SMARTS) is 1. The lowest BCUT2D eigenvalue weighted by molar-refractivity contribution is -0.139. The van der Waals surface area contributed by atoms with Crippen molar-refractivity contribution in [2.24, 2.45) is 47.3 Å². The molecule has 4 saturated carbocycles. The van der Waals surface area contributed by atoms with E-state index >= 15 is 0 Å². The molecule has 9 fully saturated rings. The van der Waals surface area contributed by atoms with Crippen LogP contribution in [0.5, 0.6) is 11.5 Å². The molecule has 0 aromatic heterocycles. The number of nitrogens with zero attached hydrogens (tertiary/aromatic N) is 2. The highest BCUT2D eigenvalue weighted by molar-refractivity contribution is 7.93. The second-order valence-corrected chi connectivity index (χ2v) is 22.3. The number of phenolic OH excluding ortho intramolecular Hbond substituents is 2. The Hall–Kier alpha value is -3.22. The van der Waals surface area contributed by atoms with Gasteiger partial charge in [0, 0.05) is 23.2 Å². The van der Waals surface area contributed by atoms with E-state index in [0.717, 1.165) is 89.2 Å². The van der Waals surface area contributed by atoms with E-state index in [0.29, 0.717) is 47.6 Å². The van der Waals surface area contributed by atoms with Crippen molar-refractivity contribution in [1.29, 1.82) is 0 Å². The predicted octanol–water partition coefficient (Wildman–Crippen LogP) is 4.15. The molecule has 2 aromatic carbocycles. The lowest BCUT2D eigenvalue weighted by Gasteiger charge is -2.40. The zero-order valence-electron chi connectivity index (χ0n) is 35.6. The molecular formula is C46H67N9O6S. The number of hydrogen-bond donors (Lipinski definition) is 10. The number of hydrogen-bond acceptors (Lipinski definition) is 13. The van der Waals surface area contributed by atoms with Crippen LogP contribution in [0.3, 0.4) is 0 Å². The van der Waals surface area contributed by atoms with Crippen molar-refractivity contribution in [2.75, 3.05) is 16.2 Å². The van der Waals surface area contributed by atoms with Gasteiger partial charge in [0.05, 0.1) is 61.1 Å². The average Bonchev–Trinajstić information content (AvgIpc) is 3.98. The van der Waals surface area contributed by atoms with E-state index in [1.54, 1.807) is 24.3 Å². The van der Waals surface area contributed by atoms with Crippen molar-refractivity contribution in [1.82, 2.24) is 36.8 Å². The van der Waals surface area contributed by atoms with E-state index in [9.17, 15) is 28.5 Å². The third-order valence-corrected chi connectivity index (χ3v) is 19.2. The summed E-state index contributed by atoms with van der Waals surface area (Å²) >= 11 is 0. The highest BCUT2D eigenvalue weighted by Crippen LogP contribution is 2.51. The number of carboxylic acids is 1. The van der Waals surface area contributed by atoms with Gasteiger partial charge in [-0.3, -0.25) is 46.3 Å². The van der Waals surface area contributed by atoms with Crippen LogP contribution in [-0.4, -0.2) is 95.7 Å². The molecule has 15 nitrogen and oxygen atoms in total. The monoisotopic (exact) mass is 873 g/mol. The fourth-order valence-corrected chi connectivity index (χ4v) is 16.7. The maximum Gasteiger partial charge on any atom is 0.317 e. The normalized spacial score (nSPS) is 43.0. The summed E-state index contributed by atoms with van der Waals surface area (Å²) in [6, 6.07) is 13.7. The molecule has 9 aliphatic rings. The maximum atomic E-state index is 14.9. The van der Waals surface area contributed by atoms with Gasteiger partial charge in [-0.2, -0.15) is 0 Å². The van der Waals surface area contributed by atoms with Gasteiger partial charge in [-0.1, -0.05) is 44.9 Å². The molecule has 10 N–H and O–H groups in total. The van der Waals surface area contributed by atoms with E-state index in [1.165, 1.54) is 18.6 Å². The molecule has 338 valence electrons. The van der Waals surface area contributed by atoms with Crippen LogP contribution in [-0.2, 0) is 14.8 Å². The molecule has 0 radical (unpaired) electrons. The number of sulfonamides is 1. The second-order valence-electron chi connectivity index (χ2n) is 20.4. The van der Waals surface area contributed by atoms with Gasteiger partial charge in [0.1, 0.15) is 11.5 Å². The van der Waals surface area contributed by atoms with E-state index < -0.39 is 21.2 Å². The largest absolute Gasteiger partial charge is 0.508 e. The first-order chi connectivity index (χ1) is 30.1. The molecule has 0 amide bonds. The fraction of sp³-hybridized carbons (Fsp3) is 0.717. The van der Waals surface area contributed by atoms with Crippen LogP contribution in [0.4, 0.5) is 11.4 Å². The quantitative estimate of drug-likeness (QED) is 0.186. The number of anilines is 2. The standard InChI is InChI=1S/C46H67N9O6S/c56-27-20-16-25(17-21-27)53-62(60,61)36-15-7-14-35-38(36)46-52-42-32-11-4-2-9-30(32)40(48-42)50-44-34-13-6-5-12-33(34)43(54(44)24-37(58)59)49-39-29-8-1-3-10-31(29)41(47-39)51-45(35)55(46)26-18-22-28(57)23-19-26/h16-23,29-36,38-53,56-57H,1-15,24H2,(H,58,59). The van der Waals surface area contributed by atoms with E-state index in [2.05, 4.69) is 46.4 Å². The first-order valence-electron chi connectivity index (χ1n) is 24.0. The van der Waals surface area contributed by atoms with Crippen LogP contribution in [0.2, 0.25) is 0 Å². The maximum absolute atomic E-state index is 14.9. The van der Waals surface area contributed by atoms with Gasteiger partial charge < -0.3 is 20.2 Å². The first kappa shape index (κ1) is 41.5. The van der Waals surface area contributed by atoms with Gasteiger partial charge in [-0.25, -0.2) is 8.42 Å².